The quantitative estimate of drug-likeness (QED) is 0.778. The fourth-order valence-electron chi connectivity index (χ4n) is 2.05. The molecule has 5 nitrogen and oxygen atoms in total. The van der Waals surface area contributed by atoms with E-state index in [1.165, 1.54) is 4.90 Å². The van der Waals surface area contributed by atoms with E-state index in [-0.39, 0.29) is 18.9 Å². The predicted molar refractivity (Wildman–Crippen MR) is 77.8 cm³/mol. The van der Waals surface area contributed by atoms with Gasteiger partial charge in [-0.3, -0.25) is 4.79 Å². The molecule has 7 heteroatoms. The number of nitrogens with two attached hydrogens (primary N) is 1. The smallest absolute Gasteiger partial charge is 0.228 e. The van der Waals surface area contributed by atoms with E-state index in [9.17, 15) is 13.2 Å². The number of hydrogen-bond acceptors (Lipinski definition) is 3. The molecule has 1 amide bonds. The molecular formula is C11H13IN2O3S. The molecule has 2 rings (SSSR count). The molecule has 1 saturated heterocycles. The number of anilines is 1. The molecule has 1 unspecified atom stereocenters. The van der Waals surface area contributed by atoms with Gasteiger partial charge in [0.2, 0.25) is 15.9 Å². The van der Waals surface area contributed by atoms with Crippen LogP contribution in [0.2, 0.25) is 0 Å². The molecule has 18 heavy (non-hydrogen) atoms. The van der Waals surface area contributed by atoms with Crippen LogP contribution in [0.25, 0.3) is 0 Å². The Hall–Kier alpha value is -0.670. The van der Waals surface area contributed by atoms with E-state index in [1.54, 1.807) is 0 Å². The van der Waals surface area contributed by atoms with Crippen molar-refractivity contribution in [2.75, 3.05) is 11.4 Å². The maximum Gasteiger partial charge on any atom is 0.228 e. The average molecular weight is 380 g/mol. The first-order valence-electron chi connectivity index (χ1n) is 5.37. The van der Waals surface area contributed by atoms with E-state index in [4.69, 9.17) is 5.14 Å². The van der Waals surface area contributed by atoms with Crippen molar-refractivity contribution < 1.29 is 13.2 Å². The summed E-state index contributed by atoms with van der Waals surface area (Å²) >= 11 is 2.19. The van der Waals surface area contributed by atoms with E-state index in [0.717, 1.165) is 14.8 Å². The molecule has 0 aromatic heterocycles. The highest BCUT2D eigenvalue weighted by Gasteiger charge is 2.37. The first-order valence-corrected chi connectivity index (χ1v) is 8.06. The maximum absolute atomic E-state index is 11.9. The SMILES string of the molecule is Cc1cc(I)ccc1N1CC(S(N)(=O)=O)CC1=O. The largest absolute Gasteiger partial charge is 0.311 e. The van der Waals surface area contributed by atoms with Crippen LogP contribution in [0.1, 0.15) is 12.0 Å². The van der Waals surface area contributed by atoms with E-state index in [2.05, 4.69) is 22.6 Å². The van der Waals surface area contributed by atoms with Gasteiger partial charge >= 0.3 is 0 Å². The molecule has 0 radical (unpaired) electrons. The minimum absolute atomic E-state index is 0.0374. The number of sulfonamides is 1. The van der Waals surface area contributed by atoms with Crippen LogP contribution in [0.5, 0.6) is 0 Å². The predicted octanol–water partition coefficient (Wildman–Crippen LogP) is 0.993. The van der Waals surface area contributed by atoms with Crippen LogP contribution in [0, 0.1) is 10.5 Å². The zero-order chi connectivity index (χ0) is 13.5. The van der Waals surface area contributed by atoms with Crippen LogP contribution < -0.4 is 10.0 Å². The van der Waals surface area contributed by atoms with E-state index in [0.29, 0.717) is 0 Å². The standard InChI is InChI=1S/C11H13IN2O3S/c1-7-4-8(12)2-3-10(7)14-6-9(5-11(14)15)18(13,16)17/h2-4,9H,5-6H2,1H3,(H2,13,16,17). The van der Waals surface area contributed by atoms with Gasteiger partial charge in [0.25, 0.3) is 0 Å². The van der Waals surface area contributed by atoms with Crippen molar-refractivity contribution in [1.82, 2.24) is 0 Å². The lowest BCUT2D eigenvalue weighted by Gasteiger charge is -2.19. The summed E-state index contributed by atoms with van der Waals surface area (Å²) in [6.45, 7) is 2.04. The molecule has 0 spiro atoms. The molecule has 1 aliphatic heterocycles. The summed E-state index contributed by atoms with van der Waals surface area (Å²) in [6, 6.07) is 5.68. The number of aryl methyl sites for hydroxylation is 1. The summed E-state index contributed by atoms with van der Waals surface area (Å²) in [5.41, 5.74) is 1.71. The minimum atomic E-state index is -3.66. The highest BCUT2D eigenvalue weighted by Crippen LogP contribution is 2.28. The van der Waals surface area contributed by atoms with Gasteiger partial charge in [0.15, 0.2) is 0 Å². The Morgan fingerprint density at radius 3 is 2.61 bits per heavy atom. The van der Waals surface area contributed by atoms with Crippen molar-refractivity contribution in [3.8, 4) is 0 Å². The van der Waals surface area contributed by atoms with Gasteiger partial charge in [0.05, 0.1) is 0 Å². The maximum atomic E-state index is 11.9. The summed E-state index contributed by atoms with van der Waals surface area (Å²) in [6.07, 6.45) is -0.0374. The van der Waals surface area contributed by atoms with Gasteiger partial charge in [0, 0.05) is 22.2 Å². The lowest BCUT2D eigenvalue weighted by molar-refractivity contribution is -0.117. The molecular weight excluding hydrogens is 367 g/mol. The summed E-state index contributed by atoms with van der Waals surface area (Å²) < 4.78 is 23.7. The second-order valence-corrected chi connectivity index (χ2v) is 7.44. The second-order valence-electron chi connectivity index (χ2n) is 4.35. The number of carbonyl (C=O) groups is 1. The summed E-state index contributed by atoms with van der Waals surface area (Å²) in [7, 11) is -3.66. The Morgan fingerprint density at radius 1 is 1.44 bits per heavy atom. The normalized spacial score (nSPS) is 20.5. The van der Waals surface area contributed by atoms with Crippen molar-refractivity contribution in [2.24, 2.45) is 5.14 Å². The monoisotopic (exact) mass is 380 g/mol. The Balaban J connectivity index is 2.33. The molecule has 1 heterocycles. The van der Waals surface area contributed by atoms with Crippen LogP contribution >= 0.6 is 22.6 Å². The molecule has 1 aromatic rings. The number of carbonyl (C=O) groups excluding carboxylic acids is 1. The zero-order valence-electron chi connectivity index (χ0n) is 9.76. The Labute approximate surface area is 120 Å². The van der Waals surface area contributed by atoms with Crippen molar-refractivity contribution in [3.63, 3.8) is 0 Å². The lowest BCUT2D eigenvalue weighted by atomic mass is 10.2. The Bertz CT molecular complexity index is 600. The number of halogens is 1. The van der Waals surface area contributed by atoms with E-state index >= 15 is 0 Å². The molecule has 1 atom stereocenters. The summed E-state index contributed by atoms with van der Waals surface area (Å²) in [5, 5.41) is 4.30. The Morgan fingerprint density at radius 2 is 2.11 bits per heavy atom. The average Bonchev–Trinajstić information content (AvgIpc) is 2.60. The highest BCUT2D eigenvalue weighted by atomic mass is 127. The molecule has 1 fully saturated rings. The molecule has 0 aliphatic carbocycles. The van der Waals surface area contributed by atoms with Gasteiger partial charge in [-0.25, -0.2) is 13.6 Å². The molecule has 1 aliphatic rings. The van der Waals surface area contributed by atoms with Crippen LogP contribution in [0.4, 0.5) is 5.69 Å². The third-order valence-electron chi connectivity index (χ3n) is 3.00. The van der Waals surface area contributed by atoms with Crippen molar-refractivity contribution in [3.05, 3.63) is 27.3 Å². The summed E-state index contributed by atoms with van der Waals surface area (Å²) in [5.74, 6) is -0.196. The molecule has 2 N–H and O–H groups in total. The van der Waals surface area contributed by atoms with Gasteiger partial charge in [0.1, 0.15) is 5.25 Å². The third kappa shape index (κ3) is 2.67. The number of hydrogen-bond donors (Lipinski definition) is 1. The fourth-order valence-corrected chi connectivity index (χ4v) is 3.43. The van der Waals surface area contributed by atoms with Crippen LogP contribution in [0.3, 0.4) is 0 Å². The van der Waals surface area contributed by atoms with E-state index in [1.807, 2.05) is 25.1 Å². The third-order valence-corrected chi connectivity index (χ3v) is 4.92. The minimum Gasteiger partial charge on any atom is -0.311 e. The zero-order valence-corrected chi connectivity index (χ0v) is 12.7. The lowest BCUT2D eigenvalue weighted by Crippen LogP contribution is -2.32. The fraction of sp³-hybridized carbons (Fsp3) is 0.364. The van der Waals surface area contributed by atoms with Gasteiger partial charge < -0.3 is 4.90 Å². The van der Waals surface area contributed by atoms with Crippen LogP contribution in [0.15, 0.2) is 18.2 Å². The van der Waals surface area contributed by atoms with Gasteiger partial charge in [-0.05, 0) is 53.3 Å². The van der Waals surface area contributed by atoms with Crippen LogP contribution in [-0.4, -0.2) is 26.1 Å². The first-order chi connectivity index (χ1) is 8.29. The van der Waals surface area contributed by atoms with Crippen molar-refractivity contribution in [2.45, 2.75) is 18.6 Å². The second kappa shape index (κ2) is 4.78. The Kier molecular flexibility index (Phi) is 3.65. The molecule has 1 aromatic carbocycles. The topological polar surface area (TPSA) is 80.5 Å². The number of benzene rings is 1. The molecule has 98 valence electrons. The number of primary sulfonamides is 1. The summed E-state index contributed by atoms with van der Waals surface area (Å²) in [4.78, 5) is 13.4. The molecule has 0 saturated carbocycles. The number of amides is 1. The van der Waals surface area contributed by atoms with Gasteiger partial charge in [-0.15, -0.1) is 0 Å². The number of rotatable bonds is 2. The molecule has 0 bridgehead atoms. The highest BCUT2D eigenvalue weighted by molar-refractivity contribution is 14.1. The van der Waals surface area contributed by atoms with Crippen LogP contribution in [-0.2, 0) is 14.8 Å². The van der Waals surface area contributed by atoms with Crippen molar-refractivity contribution in [1.29, 1.82) is 0 Å². The number of nitrogens with zero attached hydrogens (tertiary/aromatic N) is 1. The van der Waals surface area contributed by atoms with Gasteiger partial charge in [-0.2, -0.15) is 0 Å². The van der Waals surface area contributed by atoms with Crippen molar-refractivity contribution >= 4 is 44.2 Å². The first kappa shape index (κ1) is 13.8. The van der Waals surface area contributed by atoms with E-state index < -0.39 is 15.3 Å². The van der Waals surface area contributed by atoms with Gasteiger partial charge in [-0.1, -0.05) is 0 Å².